The predicted octanol–water partition coefficient (Wildman–Crippen LogP) is 4.10. The first kappa shape index (κ1) is 13.5. The fourth-order valence-electron chi connectivity index (χ4n) is 2.57. The molecule has 0 saturated carbocycles. The average molecular weight is 307 g/mol. The van der Waals surface area contributed by atoms with E-state index in [2.05, 4.69) is 18.2 Å². The van der Waals surface area contributed by atoms with E-state index in [1.165, 1.54) is 22.3 Å². The molecule has 20 heavy (non-hydrogen) atoms. The second-order valence-electron chi connectivity index (χ2n) is 4.69. The molecule has 1 aliphatic rings. The highest BCUT2D eigenvalue weighted by molar-refractivity contribution is 6.52. The molecular formula is C16H12Cl2O2. The highest BCUT2D eigenvalue weighted by Crippen LogP contribution is 2.38. The van der Waals surface area contributed by atoms with Crippen molar-refractivity contribution < 1.29 is 9.53 Å². The van der Waals surface area contributed by atoms with E-state index in [-0.39, 0.29) is 6.61 Å². The van der Waals surface area contributed by atoms with Crippen LogP contribution < -0.4 is 0 Å². The van der Waals surface area contributed by atoms with E-state index >= 15 is 0 Å². The van der Waals surface area contributed by atoms with Crippen LogP contribution in [-0.4, -0.2) is 10.8 Å². The topological polar surface area (TPSA) is 26.3 Å². The Balaban J connectivity index is 1.88. The molecule has 0 bridgehead atoms. The summed E-state index contributed by atoms with van der Waals surface area (Å²) in [6.45, 7) is 0.200. The summed E-state index contributed by atoms with van der Waals surface area (Å²) in [6, 6.07) is 14.3. The van der Waals surface area contributed by atoms with Crippen LogP contribution in [0.3, 0.4) is 0 Å². The number of ether oxygens (including phenoxy) is 1. The Hall–Kier alpha value is -1.51. The zero-order valence-electron chi connectivity index (χ0n) is 10.6. The van der Waals surface area contributed by atoms with Gasteiger partial charge in [0.25, 0.3) is 0 Å². The summed E-state index contributed by atoms with van der Waals surface area (Å²) in [4.78, 5) is 10.2. The summed E-state index contributed by atoms with van der Waals surface area (Å²) >= 11 is 11.0. The third-order valence-electron chi connectivity index (χ3n) is 3.50. The second-order valence-corrected chi connectivity index (χ2v) is 5.78. The van der Waals surface area contributed by atoms with Crippen LogP contribution in [0.25, 0.3) is 11.1 Å². The summed E-state index contributed by atoms with van der Waals surface area (Å²) in [6.07, 6.45) is 0.865. The zero-order chi connectivity index (χ0) is 14.1. The fourth-order valence-corrected chi connectivity index (χ4v) is 2.70. The largest absolute Gasteiger partial charge is 0.459 e. The van der Waals surface area contributed by atoms with Gasteiger partial charge in [-0.1, -0.05) is 65.7 Å². The van der Waals surface area contributed by atoms with Crippen LogP contribution in [0.5, 0.6) is 0 Å². The van der Waals surface area contributed by atoms with Gasteiger partial charge in [0, 0.05) is 0 Å². The molecule has 4 heteroatoms. The second kappa shape index (κ2) is 5.47. The Morgan fingerprint density at radius 1 is 1.10 bits per heavy atom. The van der Waals surface area contributed by atoms with Crippen molar-refractivity contribution in [3.8, 4) is 11.1 Å². The monoisotopic (exact) mass is 306 g/mol. The number of hydrogen-bond acceptors (Lipinski definition) is 2. The molecule has 0 spiro atoms. The van der Waals surface area contributed by atoms with Gasteiger partial charge in [0.15, 0.2) is 0 Å². The Labute approximate surface area is 127 Å². The SMILES string of the molecule is O=C(OCc1cccc2c1Cc1ccccc1-2)C(Cl)Cl. The molecule has 3 rings (SSSR count). The van der Waals surface area contributed by atoms with E-state index in [4.69, 9.17) is 27.9 Å². The molecule has 0 N–H and O–H groups in total. The van der Waals surface area contributed by atoms with E-state index in [1.54, 1.807) is 0 Å². The van der Waals surface area contributed by atoms with Crippen molar-refractivity contribution in [2.45, 2.75) is 17.9 Å². The molecule has 0 unspecified atom stereocenters. The molecular weight excluding hydrogens is 295 g/mol. The Kier molecular flexibility index (Phi) is 3.68. The normalized spacial score (nSPS) is 12.2. The van der Waals surface area contributed by atoms with Gasteiger partial charge in [0.05, 0.1) is 0 Å². The van der Waals surface area contributed by atoms with Crippen LogP contribution in [-0.2, 0) is 22.6 Å². The van der Waals surface area contributed by atoms with Crippen molar-refractivity contribution >= 4 is 29.2 Å². The van der Waals surface area contributed by atoms with Gasteiger partial charge >= 0.3 is 5.97 Å². The van der Waals surface area contributed by atoms with Gasteiger partial charge in [0.1, 0.15) is 6.61 Å². The molecule has 0 saturated heterocycles. The lowest BCUT2D eigenvalue weighted by molar-refractivity contribution is -0.142. The van der Waals surface area contributed by atoms with Crippen molar-refractivity contribution in [1.29, 1.82) is 0 Å². The van der Waals surface area contributed by atoms with Crippen LogP contribution >= 0.6 is 23.2 Å². The molecule has 0 aromatic heterocycles. The Morgan fingerprint density at radius 3 is 2.65 bits per heavy atom. The molecule has 2 nitrogen and oxygen atoms in total. The number of carbonyl (C=O) groups is 1. The minimum atomic E-state index is -1.14. The molecule has 0 amide bonds. The number of halogens is 2. The van der Waals surface area contributed by atoms with Crippen molar-refractivity contribution in [2.24, 2.45) is 0 Å². The number of hydrogen-bond donors (Lipinski definition) is 0. The summed E-state index contributed by atoms with van der Waals surface area (Å²) in [5, 5.41) is 0. The third-order valence-corrected chi connectivity index (χ3v) is 3.85. The lowest BCUT2D eigenvalue weighted by atomic mass is 10.0. The van der Waals surface area contributed by atoms with E-state index < -0.39 is 10.8 Å². The summed E-state index contributed by atoms with van der Waals surface area (Å²) in [7, 11) is 0. The van der Waals surface area contributed by atoms with Gasteiger partial charge in [-0.05, 0) is 34.2 Å². The van der Waals surface area contributed by atoms with Gasteiger partial charge in [0.2, 0.25) is 4.84 Å². The van der Waals surface area contributed by atoms with Crippen molar-refractivity contribution in [3.05, 3.63) is 59.2 Å². The van der Waals surface area contributed by atoms with Crippen molar-refractivity contribution in [1.82, 2.24) is 0 Å². The molecule has 2 aromatic rings. The number of alkyl halides is 2. The molecule has 2 aromatic carbocycles. The van der Waals surface area contributed by atoms with E-state index in [0.717, 1.165) is 12.0 Å². The van der Waals surface area contributed by atoms with Gasteiger partial charge in [-0.2, -0.15) is 0 Å². The smallest absolute Gasteiger partial charge is 0.339 e. The first-order chi connectivity index (χ1) is 9.66. The number of rotatable bonds is 3. The van der Waals surface area contributed by atoms with Gasteiger partial charge in [-0.15, -0.1) is 0 Å². The predicted molar refractivity (Wildman–Crippen MR) is 80.0 cm³/mol. The van der Waals surface area contributed by atoms with Gasteiger partial charge < -0.3 is 4.74 Å². The first-order valence-electron chi connectivity index (χ1n) is 6.30. The number of esters is 1. The van der Waals surface area contributed by atoms with E-state index in [0.29, 0.717) is 0 Å². The summed E-state index contributed by atoms with van der Waals surface area (Å²) < 4.78 is 5.11. The highest BCUT2D eigenvalue weighted by Gasteiger charge is 2.21. The van der Waals surface area contributed by atoms with Crippen LogP contribution in [0.4, 0.5) is 0 Å². The van der Waals surface area contributed by atoms with E-state index in [9.17, 15) is 4.79 Å². The summed E-state index contributed by atoms with van der Waals surface area (Å²) in [5.41, 5.74) is 5.97. The maximum atomic E-state index is 11.3. The maximum absolute atomic E-state index is 11.3. The molecule has 0 atom stereocenters. The minimum Gasteiger partial charge on any atom is -0.459 e. The maximum Gasteiger partial charge on any atom is 0.339 e. The zero-order valence-corrected chi connectivity index (χ0v) is 12.1. The van der Waals surface area contributed by atoms with Crippen LogP contribution in [0.2, 0.25) is 0 Å². The fraction of sp³-hybridized carbons (Fsp3) is 0.188. The lowest BCUT2D eigenvalue weighted by Gasteiger charge is -2.09. The molecule has 0 fully saturated rings. The third kappa shape index (κ3) is 2.41. The molecule has 102 valence electrons. The van der Waals surface area contributed by atoms with Crippen LogP contribution in [0, 0.1) is 0 Å². The summed E-state index contributed by atoms with van der Waals surface area (Å²) in [5.74, 6) is -0.610. The molecule has 0 heterocycles. The molecule has 0 aliphatic heterocycles. The Bertz CT molecular complexity index is 665. The standard InChI is InChI=1S/C16H12Cl2O2/c17-15(18)16(19)20-9-11-5-3-7-13-12-6-2-1-4-10(12)8-14(11)13/h1-7,15H,8-9H2. The highest BCUT2D eigenvalue weighted by atomic mass is 35.5. The minimum absolute atomic E-state index is 0.200. The number of fused-ring (bicyclic) bond motifs is 3. The molecule has 0 radical (unpaired) electrons. The van der Waals surface area contributed by atoms with Crippen molar-refractivity contribution in [2.75, 3.05) is 0 Å². The quantitative estimate of drug-likeness (QED) is 0.538. The number of carbonyl (C=O) groups excluding carboxylic acids is 1. The Morgan fingerprint density at radius 2 is 1.85 bits per heavy atom. The molecule has 1 aliphatic carbocycles. The van der Waals surface area contributed by atoms with Crippen molar-refractivity contribution in [3.63, 3.8) is 0 Å². The first-order valence-corrected chi connectivity index (χ1v) is 7.18. The number of benzene rings is 2. The van der Waals surface area contributed by atoms with E-state index in [1.807, 2.05) is 24.3 Å². The lowest BCUT2D eigenvalue weighted by Crippen LogP contribution is -2.12. The van der Waals surface area contributed by atoms with Gasteiger partial charge in [-0.3, -0.25) is 0 Å². The van der Waals surface area contributed by atoms with Crippen LogP contribution in [0.1, 0.15) is 16.7 Å². The van der Waals surface area contributed by atoms with Crippen LogP contribution in [0.15, 0.2) is 42.5 Å². The van der Waals surface area contributed by atoms with Gasteiger partial charge in [-0.25, -0.2) is 4.79 Å². The average Bonchev–Trinajstić information content (AvgIpc) is 2.83.